The maximum Gasteiger partial charge on any atom is 0.314 e. The van der Waals surface area contributed by atoms with Crippen LogP contribution in [-0.2, 0) is 21.4 Å². The lowest BCUT2D eigenvalue weighted by Gasteiger charge is -2.38. The second kappa shape index (κ2) is 8.99. The van der Waals surface area contributed by atoms with Crippen LogP contribution in [-0.4, -0.2) is 59.8 Å². The van der Waals surface area contributed by atoms with Crippen molar-refractivity contribution in [2.45, 2.75) is 23.7 Å². The molecule has 35 heavy (non-hydrogen) atoms. The maximum atomic E-state index is 13.4. The Kier molecular flexibility index (Phi) is 5.99. The number of aryl methyl sites for hydroxylation is 1. The monoisotopic (exact) mass is 511 g/mol. The molecule has 4 aromatic rings. The number of thiophene rings is 1. The van der Waals surface area contributed by atoms with Crippen LogP contribution in [0.15, 0.2) is 64.2 Å². The highest BCUT2D eigenvalue weighted by molar-refractivity contribution is 7.91. The van der Waals surface area contributed by atoms with E-state index in [1.165, 1.54) is 11.0 Å². The molecule has 1 fully saturated rings. The molecule has 182 valence electrons. The van der Waals surface area contributed by atoms with E-state index in [9.17, 15) is 18.0 Å². The summed E-state index contributed by atoms with van der Waals surface area (Å²) in [6.07, 6.45) is 0. The van der Waals surface area contributed by atoms with Crippen molar-refractivity contribution in [2.24, 2.45) is 5.73 Å². The molecule has 9 nitrogen and oxygen atoms in total. The van der Waals surface area contributed by atoms with E-state index in [-0.39, 0.29) is 23.8 Å². The van der Waals surface area contributed by atoms with Crippen LogP contribution in [0.1, 0.15) is 6.92 Å². The van der Waals surface area contributed by atoms with Gasteiger partial charge in [0.15, 0.2) is 0 Å². The highest BCUT2D eigenvalue weighted by Crippen LogP contribution is 2.31. The van der Waals surface area contributed by atoms with E-state index in [2.05, 4.69) is 22.9 Å². The Morgan fingerprint density at radius 2 is 1.83 bits per heavy atom. The fourth-order valence-corrected chi connectivity index (χ4v) is 7.38. The van der Waals surface area contributed by atoms with Gasteiger partial charge in [0, 0.05) is 53.7 Å². The summed E-state index contributed by atoms with van der Waals surface area (Å²) in [6, 6.07) is 15.1. The van der Waals surface area contributed by atoms with Crippen molar-refractivity contribution in [3.63, 3.8) is 0 Å². The number of benzene rings is 2. The smallest absolute Gasteiger partial charge is 0.314 e. The molecular formula is C24H25N5O4S2. The van der Waals surface area contributed by atoms with Gasteiger partial charge in [0.2, 0.25) is 5.91 Å². The number of piperazine rings is 1. The third-order valence-electron chi connectivity index (χ3n) is 6.36. The minimum Gasteiger partial charge on any atom is -0.351 e. The molecule has 3 heterocycles. The summed E-state index contributed by atoms with van der Waals surface area (Å²) in [7, 11) is -3.91. The lowest BCUT2D eigenvalue weighted by Crippen LogP contribution is -2.61. The van der Waals surface area contributed by atoms with E-state index in [1.807, 2.05) is 30.3 Å². The standard InChI is InChI=1S/C24H25N5O4S2/c1-2-28-19-7-4-3-6-17(19)18-14-16(9-10-20(18)28)26-23(30)21-15-27(24(25)31)11-12-29(21)35(32,33)22-8-5-13-34-22/h3-10,13-14,21H,2,11-12,15H2,1H3,(H2,25,31)(H,26,30). The molecule has 2 aromatic carbocycles. The van der Waals surface area contributed by atoms with E-state index < -0.39 is 28.0 Å². The molecular weight excluding hydrogens is 486 g/mol. The van der Waals surface area contributed by atoms with Crippen molar-refractivity contribution in [1.29, 1.82) is 0 Å². The van der Waals surface area contributed by atoms with Gasteiger partial charge in [-0.3, -0.25) is 4.79 Å². The number of amides is 3. The minimum absolute atomic E-state index is 0.0235. The van der Waals surface area contributed by atoms with Crippen molar-refractivity contribution in [3.05, 3.63) is 60.0 Å². The van der Waals surface area contributed by atoms with Gasteiger partial charge in [-0.05, 0) is 42.6 Å². The van der Waals surface area contributed by atoms with Gasteiger partial charge in [0.05, 0.1) is 0 Å². The van der Waals surface area contributed by atoms with Crippen LogP contribution >= 0.6 is 11.3 Å². The minimum atomic E-state index is -3.91. The molecule has 1 atom stereocenters. The Labute approximate surface area is 206 Å². The first-order valence-corrected chi connectivity index (χ1v) is 13.5. The van der Waals surface area contributed by atoms with Crippen LogP contribution in [0.4, 0.5) is 10.5 Å². The summed E-state index contributed by atoms with van der Waals surface area (Å²) in [5, 5.41) is 6.60. The number of sulfonamides is 1. The zero-order valence-corrected chi connectivity index (χ0v) is 20.7. The Morgan fingerprint density at radius 3 is 2.54 bits per heavy atom. The van der Waals surface area contributed by atoms with Crippen LogP contribution in [0.25, 0.3) is 21.8 Å². The van der Waals surface area contributed by atoms with Gasteiger partial charge in [-0.2, -0.15) is 4.31 Å². The van der Waals surface area contributed by atoms with Gasteiger partial charge in [-0.15, -0.1) is 11.3 Å². The number of primary amides is 1. The third-order valence-corrected chi connectivity index (χ3v) is 9.64. The van der Waals surface area contributed by atoms with Gasteiger partial charge in [-0.1, -0.05) is 24.3 Å². The number of hydrogen-bond donors (Lipinski definition) is 2. The van der Waals surface area contributed by atoms with Gasteiger partial charge >= 0.3 is 6.03 Å². The molecule has 2 aromatic heterocycles. The van der Waals surface area contributed by atoms with E-state index in [4.69, 9.17) is 5.73 Å². The highest BCUT2D eigenvalue weighted by Gasteiger charge is 2.41. The summed E-state index contributed by atoms with van der Waals surface area (Å²) in [6.45, 7) is 2.85. The summed E-state index contributed by atoms with van der Waals surface area (Å²) in [5.41, 5.74) is 8.15. The van der Waals surface area contributed by atoms with E-state index in [0.717, 1.165) is 44.0 Å². The van der Waals surface area contributed by atoms with Crippen LogP contribution in [0.5, 0.6) is 0 Å². The number of nitrogens with zero attached hydrogens (tertiary/aromatic N) is 3. The first-order chi connectivity index (χ1) is 16.8. The summed E-state index contributed by atoms with van der Waals surface area (Å²) < 4.78 is 30.1. The Balaban J connectivity index is 1.49. The molecule has 0 radical (unpaired) electrons. The van der Waals surface area contributed by atoms with Crippen molar-refractivity contribution < 1.29 is 18.0 Å². The van der Waals surface area contributed by atoms with E-state index in [1.54, 1.807) is 17.5 Å². The SMILES string of the molecule is CCn1c2ccccc2c2cc(NC(=O)C3CN(C(N)=O)CCN3S(=O)(=O)c3cccs3)ccc21. The Bertz CT molecular complexity index is 1530. The van der Waals surface area contributed by atoms with Crippen molar-refractivity contribution in [1.82, 2.24) is 13.8 Å². The average molecular weight is 512 g/mol. The predicted molar refractivity (Wildman–Crippen MR) is 137 cm³/mol. The van der Waals surface area contributed by atoms with Crippen LogP contribution in [0, 0.1) is 0 Å². The normalized spacial score (nSPS) is 17.2. The fraction of sp³-hybridized carbons (Fsp3) is 0.250. The Morgan fingerprint density at radius 1 is 1.06 bits per heavy atom. The molecule has 3 amide bonds. The van der Waals surface area contributed by atoms with Crippen LogP contribution < -0.4 is 11.1 Å². The maximum absolute atomic E-state index is 13.4. The number of aromatic nitrogens is 1. The molecule has 5 rings (SSSR count). The number of anilines is 1. The molecule has 0 spiro atoms. The molecule has 1 aliphatic rings. The first-order valence-electron chi connectivity index (χ1n) is 11.2. The second-order valence-electron chi connectivity index (χ2n) is 8.33. The number of carbonyl (C=O) groups excluding carboxylic acids is 2. The number of nitrogens with one attached hydrogen (secondary N) is 1. The van der Waals surface area contributed by atoms with Gasteiger partial charge < -0.3 is 20.5 Å². The van der Waals surface area contributed by atoms with Crippen molar-refractivity contribution in [2.75, 3.05) is 25.0 Å². The molecule has 11 heteroatoms. The highest BCUT2D eigenvalue weighted by atomic mass is 32.2. The molecule has 1 unspecified atom stereocenters. The van der Waals surface area contributed by atoms with Gasteiger partial charge in [0.1, 0.15) is 10.3 Å². The molecule has 0 bridgehead atoms. The number of urea groups is 1. The number of hydrogen-bond acceptors (Lipinski definition) is 5. The summed E-state index contributed by atoms with van der Waals surface area (Å²) >= 11 is 1.09. The topological polar surface area (TPSA) is 118 Å². The zero-order chi connectivity index (χ0) is 24.7. The molecule has 1 saturated heterocycles. The lowest BCUT2D eigenvalue weighted by molar-refractivity contribution is -0.121. The number of fused-ring (bicyclic) bond motifs is 3. The largest absolute Gasteiger partial charge is 0.351 e. The summed E-state index contributed by atoms with van der Waals surface area (Å²) in [4.78, 5) is 26.5. The van der Waals surface area contributed by atoms with Crippen molar-refractivity contribution in [3.8, 4) is 0 Å². The third kappa shape index (κ3) is 4.05. The average Bonchev–Trinajstić information content (AvgIpc) is 3.50. The van der Waals surface area contributed by atoms with E-state index >= 15 is 0 Å². The molecule has 0 aliphatic carbocycles. The number of para-hydroxylation sites is 1. The van der Waals surface area contributed by atoms with Gasteiger partial charge in [-0.25, -0.2) is 13.2 Å². The van der Waals surface area contributed by atoms with Crippen LogP contribution in [0.2, 0.25) is 0 Å². The number of rotatable bonds is 5. The molecule has 1 aliphatic heterocycles. The van der Waals surface area contributed by atoms with E-state index in [0.29, 0.717) is 5.69 Å². The molecule has 3 N–H and O–H groups in total. The zero-order valence-electron chi connectivity index (χ0n) is 19.0. The number of nitrogens with two attached hydrogens (primary N) is 1. The fourth-order valence-electron chi connectivity index (χ4n) is 4.69. The molecule has 0 saturated carbocycles. The Hall–Kier alpha value is -3.41. The predicted octanol–water partition coefficient (Wildman–Crippen LogP) is 3.27. The second-order valence-corrected chi connectivity index (χ2v) is 11.4. The quantitative estimate of drug-likeness (QED) is 0.428. The first kappa shape index (κ1) is 23.3. The number of carbonyl (C=O) groups is 2. The van der Waals surface area contributed by atoms with Crippen LogP contribution in [0.3, 0.4) is 0 Å². The lowest BCUT2D eigenvalue weighted by atomic mass is 10.1. The summed E-state index contributed by atoms with van der Waals surface area (Å²) in [5.74, 6) is -0.519. The van der Waals surface area contributed by atoms with Crippen molar-refractivity contribution >= 4 is 60.8 Å². The van der Waals surface area contributed by atoms with Gasteiger partial charge in [0.25, 0.3) is 10.0 Å².